The summed E-state index contributed by atoms with van der Waals surface area (Å²) in [5.41, 5.74) is -0.966. The van der Waals surface area contributed by atoms with Gasteiger partial charge in [-0.25, -0.2) is 4.79 Å². The van der Waals surface area contributed by atoms with Gasteiger partial charge in [-0.05, 0) is 12.8 Å². The van der Waals surface area contributed by atoms with Crippen molar-refractivity contribution in [2.45, 2.75) is 32.1 Å². The fourth-order valence-electron chi connectivity index (χ4n) is 2.19. The largest absolute Gasteiger partial charge is 0.328 e. The molecule has 1 spiro atoms. The van der Waals surface area contributed by atoms with Crippen molar-refractivity contribution in [2.75, 3.05) is 0 Å². The van der Waals surface area contributed by atoms with E-state index in [9.17, 15) is 14.4 Å². The Labute approximate surface area is 81.2 Å². The highest BCUT2D eigenvalue weighted by Crippen LogP contribution is 2.37. The third-order valence-corrected chi connectivity index (χ3v) is 3.03. The Balaban J connectivity index is 2.27. The molecular formula is C9H12N2O3. The molecule has 0 bridgehead atoms. The van der Waals surface area contributed by atoms with E-state index in [0.29, 0.717) is 12.8 Å². The molecule has 2 N–H and O–H groups in total. The molecule has 1 saturated heterocycles. The number of amides is 4. The molecule has 0 unspecified atom stereocenters. The Morgan fingerprint density at radius 1 is 0.857 bits per heavy atom. The van der Waals surface area contributed by atoms with Crippen LogP contribution in [0.1, 0.15) is 32.1 Å². The van der Waals surface area contributed by atoms with Gasteiger partial charge in [0.25, 0.3) is 0 Å². The molecule has 0 atom stereocenters. The Kier molecular flexibility index (Phi) is 2.02. The monoisotopic (exact) mass is 196 g/mol. The molecule has 1 heterocycles. The second kappa shape index (κ2) is 3.08. The minimum absolute atomic E-state index is 0.425. The second-order valence-electron chi connectivity index (χ2n) is 3.88. The van der Waals surface area contributed by atoms with Crippen LogP contribution in [0.25, 0.3) is 0 Å². The Morgan fingerprint density at radius 2 is 1.36 bits per heavy atom. The predicted molar refractivity (Wildman–Crippen MR) is 47.2 cm³/mol. The van der Waals surface area contributed by atoms with Crippen molar-refractivity contribution in [3.63, 3.8) is 0 Å². The maximum atomic E-state index is 11.6. The van der Waals surface area contributed by atoms with Gasteiger partial charge in [0.05, 0.1) is 0 Å². The highest BCUT2D eigenvalue weighted by molar-refractivity contribution is 6.19. The van der Waals surface area contributed by atoms with Crippen LogP contribution < -0.4 is 10.6 Å². The van der Waals surface area contributed by atoms with Gasteiger partial charge in [0, 0.05) is 0 Å². The highest BCUT2D eigenvalue weighted by Gasteiger charge is 2.50. The van der Waals surface area contributed by atoms with E-state index >= 15 is 0 Å². The van der Waals surface area contributed by atoms with E-state index in [2.05, 4.69) is 10.6 Å². The lowest BCUT2D eigenvalue weighted by Gasteiger charge is -2.36. The molecule has 14 heavy (non-hydrogen) atoms. The molecule has 2 aliphatic rings. The number of nitrogens with one attached hydrogen (secondary N) is 2. The lowest BCUT2D eigenvalue weighted by Crippen LogP contribution is -2.62. The van der Waals surface area contributed by atoms with E-state index in [-0.39, 0.29) is 0 Å². The number of barbiturate groups is 1. The number of carbonyl (C=O) groups is 3. The zero-order valence-electron chi connectivity index (χ0n) is 7.76. The van der Waals surface area contributed by atoms with Gasteiger partial charge in [-0.1, -0.05) is 19.3 Å². The van der Waals surface area contributed by atoms with Gasteiger partial charge in [0.1, 0.15) is 5.41 Å². The van der Waals surface area contributed by atoms with Crippen LogP contribution in [0, 0.1) is 5.41 Å². The summed E-state index contributed by atoms with van der Waals surface area (Å²) >= 11 is 0. The van der Waals surface area contributed by atoms with Crippen LogP contribution in [0.2, 0.25) is 0 Å². The lowest BCUT2D eigenvalue weighted by molar-refractivity contribution is -0.146. The molecule has 1 aliphatic heterocycles. The zero-order chi connectivity index (χ0) is 10.2. The van der Waals surface area contributed by atoms with E-state index in [4.69, 9.17) is 0 Å². The lowest BCUT2D eigenvalue weighted by atomic mass is 9.72. The molecule has 0 radical (unpaired) electrons. The van der Waals surface area contributed by atoms with Gasteiger partial charge in [0.15, 0.2) is 0 Å². The van der Waals surface area contributed by atoms with Gasteiger partial charge < -0.3 is 0 Å². The van der Waals surface area contributed by atoms with Crippen LogP contribution in [-0.4, -0.2) is 17.8 Å². The van der Waals surface area contributed by atoms with Gasteiger partial charge in [-0.2, -0.15) is 0 Å². The summed E-state index contributed by atoms with van der Waals surface area (Å²) in [6.45, 7) is 0. The molecule has 0 aromatic heterocycles. The quantitative estimate of drug-likeness (QED) is 0.547. The average molecular weight is 196 g/mol. The van der Waals surface area contributed by atoms with Gasteiger partial charge in [0.2, 0.25) is 11.8 Å². The summed E-state index contributed by atoms with van der Waals surface area (Å²) < 4.78 is 0. The third kappa shape index (κ3) is 1.20. The summed E-state index contributed by atoms with van der Waals surface area (Å²) in [6, 6.07) is -0.698. The van der Waals surface area contributed by atoms with Crippen LogP contribution in [0.3, 0.4) is 0 Å². The average Bonchev–Trinajstić information content (AvgIpc) is 2.16. The molecule has 0 aromatic carbocycles. The first-order valence-corrected chi connectivity index (χ1v) is 4.82. The minimum atomic E-state index is -0.966. The highest BCUT2D eigenvalue weighted by atomic mass is 16.2. The number of imide groups is 2. The topological polar surface area (TPSA) is 75.3 Å². The van der Waals surface area contributed by atoms with Crippen molar-refractivity contribution >= 4 is 17.8 Å². The van der Waals surface area contributed by atoms with Crippen molar-refractivity contribution in [3.8, 4) is 0 Å². The summed E-state index contributed by atoms with van der Waals surface area (Å²) in [6.07, 6.45) is 3.90. The van der Waals surface area contributed by atoms with E-state index in [1.54, 1.807) is 0 Å². The molecule has 76 valence electrons. The minimum Gasteiger partial charge on any atom is -0.277 e. The van der Waals surface area contributed by atoms with Gasteiger partial charge >= 0.3 is 6.03 Å². The molecule has 2 rings (SSSR count). The number of rotatable bonds is 0. The maximum Gasteiger partial charge on any atom is 0.328 e. The Bertz CT molecular complexity index is 283. The summed E-state index contributed by atoms with van der Waals surface area (Å²) in [5.74, 6) is -0.850. The fraction of sp³-hybridized carbons (Fsp3) is 0.667. The van der Waals surface area contributed by atoms with Crippen molar-refractivity contribution in [1.29, 1.82) is 0 Å². The van der Waals surface area contributed by atoms with Crippen LogP contribution in [0.5, 0.6) is 0 Å². The SMILES string of the molecule is O=C1NC(=O)C2(CCCCC2)C(=O)N1. The van der Waals surface area contributed by atoms with Crippen molar-refractivity contribution in [3.05, 3.63) is 0 Å². The molecule has 1 saturated carbocycles. The summed E-state index contributed by atoms with van der Waals surface area (Å²) in [5, 5.41) is 4.32. The molecule has 0 aromatic rings. The molecule has 4 amide bonds. The van der Waals surface area contributed by atoms with Gasteiger partial charge in [-0.3, -0.25) is 20.2 Å². The first kappa shape index (κ1) is 9.18. The molecule has 2 fully saturated rings. The van der Waals surface area contributed by atoms with Crippen LogP contribution in [0.15, 0.2) is 0 Å². The molecule has 5 nitrogen and oxygen atoms in total. The van der Waals surface area contributed by atoms with Crippen LogP contribution >= 0.6 is 0 Å². The van der Waals surface area contributed by atoms with E-state index in [1.807, 2.05) is 0 Å². The summed E-state index contributed by atoms with van der Waals surface area (Å²) in [7, 11) is 0. The smallest absolute Gasteiger partial charge is 0.277 e. The van der Waals surface area contributed by atoms with Crippen molar-refractivity contribution in [1.82, 2.24) is 10.6 Å². The molecular weight excluding hydrogens is 184 g/mol. The Morgan fingerprint density at radius 3 is 1.86 bits per heavy atom. The molecule has 1 aliphatic carbocycles. The van der Waals surface area contributed by atoms with Crippen LogP contribution in [0.4, 0.5) is 4.79 Å². The fourth-order valence-corrected chi connectivity index (χ4v) is 2.19. The third-order valence-electron chi connectivity index (χ3n) is 3.03. The van der Waals surface area contributed by atoms with E-state index < -0.39 is 23.3 Å². The van der Waals surface area contributed by atoms with Crippen molar-refractivity contribution in [2.24, 2.45) is 5.41 Å². The van der Waals surface area contributed by atoms with E-state index in [0.717, 1.165) is 19.3 Å². The standard InChI is InChI=1S/C9H12N2O3/c12-6-9(4-2-1-3-5-9)7(13)11-8(14)10-6/h1-5H2,(H2,10,11,12,13,14). The van der Waals surface area contributed by atoms with Gasteiger partial charge in [-0.15, -0.1) is 0 Å². The van der Waals surface area contributed by atoms with Crippen molar-refractivity contribution < 1.29 is 14.4 Å². The maximum absolute atomic E-state index is 11.6. The van der Waals surface area contributed by atoms with Crippen LogP contribution in [-0.2, 0) is 9.59 Å². The number of urea groups is 1. The Hall–Kier alpha value is -1.39. The second-order valence-corrected chi connectivity index (χ2v) is 3.88. The normalized spacial score (nSPS) is 25.9. The first-order chi connectivity index (χ1) is 6.65. The number of hydrogen-bond acceptors (Lipinski definition) is 3. The summed E-state index contributed by atoms with van der Waals surface area (Å²) in [4.78, 5) is 34.0. The zero-order valence-corrected chi connectivity index (χ0v) is 7.76. The number of carbonyl (C=O) groups excluding carboxylic acids is 3. The number of hydrogen-bond donors (Lipinski definition) is 2. The van der Waals surface area contributed by atoms with E-state index in [1.165, 1.54) is 0 Å². The predicted octanol–water partition coefficient (Wildman–Crippen LogP) is 0.303. The molecule has 5 heteroatoms. The first-order valence-electron chi connectivity index (χ1n) is 4.82.